The number of aromatic nitrogens is 1. The molecule has 78 valence electrons. The minimum atomic E-state index is 0.583. The molecule has 0 unspecified atom stereocenters. The molecule has 0 radical (unpaired) electrons. The zero-order chi connectivity index (χ0) is 11.0. The van der Waals surface area contributed by atoms with Gasteiger partial charge in [-0.2, -0.15) is 5.26 Å². The first-order valence-corrected chi connectivity index (χ1v) is 6.23. The Morgan fingerprint density at radius 2 is 2.27 bits per heavy atom. The van der Waals surface area contributed by atoms with E-state index in [9.17, 15) is 0 Å². The summed E-state index contributed by atoms with van der Waals surface area (Å²) in [5.41, 5.74) is 2.84. The quantitative estimate of drug-likeness (QED) is 0.838. The van der Waals surface area contributed by atoms with Crippen molar-refractivity contribution in [1.82, 2.24) is 4.98 Å². The van der Waals surface area contributed by atoms with E-state index in [1.54, 1.807) is 0 Å². The van der Waals surface area contributed by atoms with Crippen molar-refractivity contribution in [3.8, 4) is 6.07 Å². The number of hydrogen-bond donors (Lipinski definition) is 1. The molecule has 2 nitrogen and oxygen atoms in total. The Morgan fingerprint density at radius 1 is 1.60 bits per heavy atom. The molecule has 2 rings (SSSR count). The van der Waals surface area contributed by atoms with E-state index in [1.165, 1.54) is 18.5 Å². The van der Waals surface area contributed by atoms with Crippen LogP contribution in [-0.2, 0) is 6.42 Å². The molecule has 0 aromatic carbocycles. The lowest BCUT2D eigenvalue weighted by Gasteiger charge is -2.10. The second-order valence-electron chi connectivity index (χ2n) is 3.77. The smallest absolute Gasteiger partial charge is 0.121 e. The van der Waals surface area contributed by atoms with Crippen molar-refractivity contribution in [2.75, 3.05) is 0 Å². The van der Waals surface area contributed by atoms with Crippen LogP contribution in [0.2, 0.25) is 0 Å². The summed E-state index contributed by atoms with van der Waals surface area (Å²) in [4.78, 5) is 3.18. The third-order valence-electron chi connectivity index (χ3n) is 2.73. The molecular weight excluding hydrogens is 272 g/mol. The Bertz CT molecular complexity index is 495. The van der Waals surface area contributed by atoms with Crippen LogP contribution in [0.25, 0.3) is 0 Å². The van der Waals surface area contributed by atoms with E-state index in [0.29, 0.717) is 16.1 Å². The van der Waals surface area contributed by atoms with Gasteiger partial charge in [-0.15, -0.1) is 0 Å². The highest BCUT2D eigenvalue weighted by Gasteiger charge is 2.28. The van der Waals surface area contributed by atoms with Gasteiger partial charge in [-0.05, 0) is 40.8 Å². The fourth-order valence-corrected chi connectivity index (χ4v) is 2.93. The summed E-state index contributed by atoms with van der Waals surface area (Å²) in [6.07, 6.45) is 3.28. The van der Waals surface area contributed by atoms with Gasteiger partial charge in [-0.3, -0.25) is 0 Å². The van der Waals surface area contributed by atoms with Crippen LogP contribution in [0.4, 0.5) is 0 Å². The molecule has 1 saturated carbocycles. The summed E-state index contributed by atoms with van der Waals surface area (Å²) >= 11 is 8.78. The predicted molar refractivity (Wildman–Crippen MR) is 65.4 cm³/mol. The first-order chi connectivity index (χ1) is 7.19. The SMILES string of the molecule is CCc1c(Br)c(C2CC2)[nH]c(=S)c1C#N. The van der Waals surface area contributed by atoms with Gasteiger partial charge in [0.1, 0.15) is 10.7 Å². The number of pyridine rings is 1. The van der Waals surface area contributed by atoms with Gasteiger partial charge in [0, 0.05) is 16.1 Å². The average Bonchev–Trinajstić information content (AvgIpc) is 3.03. The van der Waals surface area contributed by atoms with Gasteiger partial charge in [0.2, 0.25) is 0 Å². The number of aromatic amines is 1. The topological polar surface area (TPSA) is 39.6 Å². The van der Waals surface area contributed by atoms with E-state index >= 15 is 0 Å². The van der Waals surface area contributed by atoms with Gasteiger partial charge < -0.3 is 4.98 Å². The van der Waals surface area contributed by atoms with Crippen LogP contribution in [-0.4, -0.2) is 4.98 Å². The third-order valence-corrected chi connectivity index (χ3v) is 3.94. The molecule has 1 fully saturated rings. The minimum absolute atomic E-state index is 0.583. The van der Waals surface area contributed by atoms with E-state index in [-0.39, 0.29) is 0 Å². The molecule has 0 saturated heterocycles. The molecule has 15 heavy (non-hydrogen) atoms. The molecule has 1 heterocycles. The largest absolute Gasteiger partial charge is 0.348 e. The van der Waals surface area contributed by atoms with Gasteiger partial charge >= 0.3 is 0 Å². The summed E-state index contributed by atoms with van der Waals surface area (Å²) in [6, 6.07) is 2.18. The van der Waals surface area contributed by atoms with Crippen LogP contribution in [0.5, 0.6) is 0 Å². The molecule has 1 aromatic heterocycles. The lowest BCUT2D eigenvalue weighted by atomic mass is 10.1. The minimum Gasteiger partial charge on any atom is -0.348 e. The highest BCUT2D eigenvalue weighted by atomic mass is 79.9. The molecule has 1 aliphatic rings. The van der Waals surface area contributed by atoms with Crippen LogP contribution < -0.4 is 0 Å². The highest BCUT2D eigenvalue weighted by molar-refractivity contribution is 9.10. The Balaban J connectivity index is 2.68. The Kier molecular flexibility index (Phi) is 2.94. The number of H-pyrrole nitrogens is 1. The molecule has 0 spiro atoms. The van der Waals surface area contributed by atoms with Crippen molar-refractivity contribution in [3.63, 3.8) is 0 Å². The van der Waals surface area contributed by atoms with Crippen molar-refractivity contribution >= 4 is 28.1 Å². The van der Waals surface area contributed by atoms with Gasteiger partial charge in [-0.1, -0.05) is 19.1 Å². The number of nitrogens with one attached hydrogen (secondary N) is 1. The number of rotatable bonds is 2. The number of nitrogens with zero attached hydrogens (tertiary/aromatic N) is 1. The summed E-state index contributed by atoms with van der Waals surface area (Å²) in [7, 11) is 0. The zero-order valence-electron chi connectivity index (χ0n) is 8.43. The zero-order valence-corrected chi connectivity index (χ0v) is 10.8. The Hall–Kier alpha value is -0.660. The number of nitriles is 1. The van der Waals surface area contributed by atoms with Crippen molar-refractivity contribution in [2.45, 2.75) is 32.1 Å². The predicted octanol–water partition coefficient (Wildman–Crippen LogP) is 3.82. The lowest BCUT2D eigenvalue weighted by Crippen LogP contribution is -1.99. The van der Waals surface area contributed by atoms with E-state index < -0.39 is 0 Å². The van der Waals surface area contributed by atoms with Gasteiger partial charge in [0.05, 0.1) is 5.56 Å². The molecule has 0 aliphatic heterocycles. The highest BCUT2D eigenvalue weighted by Crippen LogP contribution is 2.43. The van der Waals surface area contributed by atoms with Crippen LogP contribution in [0.1, 0.15) is 42.5 Å². The molecule has 0 bridgehead atoms. The number of halogens is 1. The first-order valence-electron chi connectivity index (χ1n) is 5.03. The van der Waals surface area contributed by atoms with Crippen molar-refractivity contribution in [3.05, 3.63) is 25.9 Å². The summed E-state index contributed by atoms with van der Waals surface area (Å²) in [6.45, 7) is 2.05. The molecule has 1 N–H and O–H groups in total. The normalized spacial score (nSPS) is 15.0. The molecule has 1 aromatic rings. The van der Waals surface area contributed by atoms with E-state index in [2.05, 4.69) is 27.0 Å². The Morgan fingerprint density at radius 3 is 2.73 bits per heavy atom. The molecule has 4 heteroatoms. The maximum atomic E-state index is 9.04. The second kappa shape index (κ2) is 4.07. The molecular formula is C11H11BrN2S. The average molecular weight is 283 g/mol. The summed E-state index contributed by atoms with van der Waals surface area (Å²) < 4.78 is 1.64. The Labute approximate surface area is 102 Å². The van der Waals surface area contributed by atoms with Crippen LogP contribution in [0.3, 0.4) is 0 Å². The molecule has 0 atom stereocenters. The van der Waals surface area contributed by atoms with Crippen molar-refractivity contribution in [2.24, 2.45) is 0 Å². The van der Waals surface area contributed by atoms with Gasteiger partial charge in [-0.25, -0.2) is 0 Å². The van der Waals surface area contributed by atoms with Crippen LogP contribution in [0.15, 0.2) is 4.47 Å². The van der Waals surface area contributed by atoms with Gasteiger partial charge in [0.15, 0.2) is 0 Å². The standard InChI is InChI=1S/C11H11BrN2S/c1-2-7-8(5-13)11(15)14-10(9(7)12)6-3-4-6/h6H,2-4H2,1H3,(H,14,15). The maximum absolute atomic E-state index is 9.04. The van der Waals surface area contributed by atoms with Crippen molar-refractivity contribution in [1.29, 1.82) is 5.26 Å². The second-order valence-corrected chi connectivity index (χ2v) is 4.98. The summed E-state index contributed by atoms with van der Waals surface area (Å²) in [5.74, 6) is 0.610. The van der Waals surface area contributed by atoms with Gasteiger partial charge in [0.25, 0.3) is 0 Å². The maximum Gasteiger partial charge on any atom is 0.121 e. The monoisotopic (exact) mass is 282 g/mol. The fraction of sp³-hybridized carbons (Fsp3) is 0.455. The van der Waals surface area contributed by atoms with Crippen LogP contribution in [0, 0.1) is 16.0 Å². The molecule has 1 aliphatic carbocycles. The van der Waals surface area contributed by atoms with E-state index in [1.807, 2.05) is 6.92 Å². The summed E-state index contributed by atoms with van der Waals surface area (Å²) in [5, 5.41) is 9.04. The van der Waals surface area contributed by atoms with E-state index in [0.717, 1.165) is 16.5 Å². The number of hydrogen-bond acceptors (Lipinski definition) is 2. The third kappa shape index (κ3) is 1.86. The first kappa shape index (κ1) is 10.8. The van der Waals surface area contributed by atoms with Crippen molar-refractivity contribution < 1.29 is 0 Å². The molecule has 0 amide bonds. The fourth-order valence-electron chi connectivity index (χ4n) is 1.75. The van der Waals surface area contributed by atoms with Crippen LogP contribution >= 0.6 is 28.1 Å². The lowest BCUT2D eigenvalue weighted by molar-refractivity contribution is 0.963. The van der Waals surface area contributed by atoms with E-state index in [4.69, 9.17) is 17.5 Å².